The minimum absolute atomic E-state index is 0.117. The zero-order valence-corrected chi connectivity index (χ0v) is 11.2. The van der Waals surface area contributed by atoms with Crippen LogP contribution >= 0.6 is 11.5 Å². The van der Waals surface area contributed by atoms with E-state index in [0.717, 1.165) is 11.5 Å². The predicted molar refractivity (Wildman–Crippen MR) is 72.2 cm³/mol. The maximum absolute atomic E-state index is 13.5. The number of nitrogens with one attached hydrogen (secondary N) is 1. The van der Waals surface area contributed by atoms with Gasteiger partial charge in [-0.1, -0.05) is 0 Å². The third-order valence-corrected chi connectivity index (χ3v) is 3.29. The third-order valence-electron chi connectivity index (χ3n) is 2.53. The van der Waals surface area contributed by atoms with Crippen molar-refractivity contribution in [2.45, 2.75) is 6.92 Å². The molecule has 100 valence electrons. The van der Waals surface area contributed by atoms with Crippen molar-refractivity contribution in [1.29, 1.82) is 0 Å². The molecule has 3 N–H and O–H groups in total. The maximum Gasteiger partial charge on any atom is 0.260 e. The zero-order valence-electron chi connectivity index (χ0n) is 10.4. The Balaban J connectivity index is 2.22. The molecule has 1 amide bonds. The Morgan fingerprint density at radius 3 is 2.79 bits per heavy atom. The number of rotatable bonds is 3. The molecule has 7 heteroatoms. The summed E-state index contributed by atoms with van der Waals surface area (Å²) in [5.74, 6) is -0.840. The molecule has 0 saturated carbocycles. The first-order chi connectivity index (χ1) is 9.02. The summed E-state index contributed by atoms with van der Waals surface area (Å²) < 4.78 is 22.3. The van der Waals surface area contributed by atoms with E-state index in [0.29, 0.717) is 21.9 Å². The number of hydrogen-bond donors (Lipinski definition) is 2. The number of nitrogens with zero attached hydrogens (tertiary/aromatic N) is 1. The summed E-state index contributed by atoms with van der Waals surface area (Å²) in [6.45, 7) is 1.69. The quantitative estimate of drug-likeness (QED) is 0.905. The van der Waals surface area contributed by atoms with E-state index in [4.69, 9.17) is 10.5 Å². The molecule has 0 radical (unpaired) electrons. The van der Waals surface area contributed by atoms with Crippen LogP contribution in [-0.4, -0.2) is 17.4 Å². The first kappa shape index (κ1) is 13.3. The minimum atomic E-state index is -0.548. The highest BCUT2D eigenvalue weighted by molar-refractivity contribution is 7.10. The smallest absolute Gasteiger partial charge is 0.260 e. The van der Waals surface area contributed by atoms with E-state index in [1.165, 1.54) is 19.2 Å². The van der Waals surface area contributed by atoms with Crippen molar-refractivity contribution in [2.75, 3.05) is 18.2 Å². The summed E-state index contributed by atoms with van der Waals surface area (Å²) >= 11 is 1.05. The van der Waals surface area contributed by atoms with Crippen molar-refractivity contribution in [3.63, 3.8) is 0 Å². The standard InChI is InChI=1S/C12H12FN3O2S/c1-6-10(11(14)19-16-6)12(17)15-7-3-4-9(18-2)8(13)5-7/h3-5H,14H2,1-2H3,(H,15,17). The maximum atomic E-state index is 13.5. The van der Waals surface area contributed by atoms with E-state index in [2.05, 4.69) is 9.69 Å². The van der Waals surface area contributed by atoms with Crippen LogP contribution in [0.25, 0.3) is 0 Å². The van der Waals surface area contributed by atoms with E-state index >= 15 is 0 Å². The Kier molecular flexibility index (Phi) is 3.66. The van der Waals surface area contributed by atoms with Crippen molar-refractivity contribution in [3.05, 3.63) is 35.3 Å². The van der Waals surface area contributed by atoms with E-state index in [9.17, 15) is 9.18 Å². The number of aryl methyl sites for hydroxylation is 1. The van der Waals surface area contributed by atoms with Gasteiger partial charge in [-0.25, -0.2) is 4.39 Å². The summed E-state index contributed by atoms with van der Waals surface area (Å²) in [6.07, 6.45) is 0. The fourth-order valence-electron chi connectivity index (χ4n) is 1.60. The lowest BCUT2D eigenvalue weighted by Gasteiger charge is -2.07. The normalized spacial score (nSPS) is 10.3. The van der Waals surface area contributed by atoms with Crippen LogP contribution in [-0.2, 0) is 0 Å². The Bertz CT molecular complexity index is 608. The Hall–Kier alpha value is -2.15. The highest BCUT2D eigenvalue weighted by Crippen LogP contribution is 2.24. The van der Waals surface area contributed by atoms with Gasteiger partial charge in [0.25, 0.3) is 5.91 Å². The number of carbonyl (C=O) groups is 1. The molecule has 19 heavy (non-hydrogen) atoms. The summed E-state index contributed by atoms with van der Waals surface area (Å²) in [6, 6.07) is 4.17. The number of hydrogen-bond acceptors (Lipinski definition) is 5. The molecule has 2 rings (SSSR count). The van der Waals surface area contributed by atoms with Gasteiger partial charge >= 0.3 is 0 Å². The average molecular weight is 281 g/mol. The van der Waals surface area contributed by atoms with Crippen LogP contribution in [0.3, 0.4) is 0 Å². The largest absolute Gasteiger partial charge is 0.494 e. The lowest BCUT2D eigenvalue weighted by molar-refractivity contribution is 0.102. The average Bonchev–Trinajstić information content (AvgIpc) is 2.69. The molecule has 2 aromatic rings. The predicted octanol–water partition coefficient (Wildman–Crippen LogP) is 2.43. The minimum Gasteiger partial charge on any atom is -0.494 e. The number of aromatic nitrogens is 1. The van der Waals surface area contributed by atoms with Crippen LogP contribution in [0.5, 0.6) is 5.75 Å². The van der Waals surface area contributed by atoms with Gasteiger partial charge in [0, 0.05) is 11.8 Å². The first-order valence-electron chi connectivity index (χ1n) is 5.39. The van der Waals surface area contributed by atoms with E-state index in [-0.39, 0.29) is 5.75 Å². The van der Waals surface area contributed by atoms with E-state index in [1.54, 1.807) is 13.0 Å². The number of nitrogen functional groups attached to an aromatic ring is 1. The van der Waals surface area contributed by atoms with Crippen LogP contribution in [0.4, 0.5) is 15.1 Å². The summed E-state index contributed by atoms with van der Waals surface area (Å²) in [5, 5.41) is 2.91. The number of benzene rings is 1. The molecule has 5 nitrogen and oxygen atoms in total. The van der Waals surface area contributed by atoms with Crippen molar-refractivity contribution in [2.24, 2.45) is 0 Å². The molecule has 0 aliphatic heterocycles. The van der Waals surface area contributed by atoms with Gasteiger partial charge in [-0.2, -0.15) is 4.37 Å². The van der Waals surface area contributed by atoms with Crippen LogP contribution in [0.2, 0.25) is 0 Å². The Morgan fingerprint density at radius 2 is 2.26 bits per heavy atom. The van der Waals surface area contributed by atoms with Gasteiger partial charge in [-0.15, -0.1) is 0 Å². The first-order valence-corrected chi connectivity index (χ1v) is 6.17. The number of amides is 1. The molecular weight excluding hydrogens is 269 g/mol. The van der Waals surface area contributed by atoms with Crippen molar-refractivity contribution < 1.29 is 13.9 Å². The van der Waals surface area contributed by atoms with Gasteiger partial charge in [-0.05, 0) is 30.6 Å². The Labute approximate surface area is 113 Å². The van der Waals surface area contributed by atoms with Crippen molar-refractivity contribution in [1.82, 2.24) is 4.37 Å². The number of anilines is 2. The van der Waals surface area contributed by atoms with Gasteiger partial charge < -0.3 is 15.8 Å². The van der Waals surface area contributed by atoms with Gasteiger partial charge in [-0.3, -0.25) is 4.79 Å². The number of nitrogens with two attached hydrogens (primary N) is 1. The third kappa shape index (κ3) is 2.65. The topological polar surface area (TPSA) is 77.2 Å². The molecule has 0 unspecified atom stereocenters. The highest BCUT2D eigenvalue weighted by atomic mass is 32.1. The molecule has 0 atom stereocenters. The molecule has 1 heterocycles. The second-order valence-electron chi connectivity index (χ2n) is 3.81. The molecule has 1 aromatic heterocycles. The molecular formula is C12H12FN3O2S. The lowest BCUT2D eigenvalue weighted by atomic mass is 10.2. The van der Waals surface area contributed by atoms with Crippen LogP contribution in [0, 0.1) is 12.7 Å². The van der Waals surface area contributed by atoms with Crippen LogP contribution < -0.4 is 15.8 Å². The zero-order chi connectivity index (χ0) is 14.0. The molecule has 0 aliphatic carbocycles. The molecule has 0 saturated heterocycles. The number of methoxy groups -OCH3 is 1. The van der Waals surface area contributed by atoms with E-state index < -0.39 is 11.7 Å². The molecule has 1 aromatic carbocycles. The second kappa shape index (κ2) is 5.23. The molecule has 0 fully saturated rings. The fraction of sp³-hybridized carbons (Fsp3) is 0.167. The van der Waals surface area contributed by atoms with Gasteiger partial charge in [0.05, 0.1) is 18.4 Å². The molecule has 0 spiro atoms. The summed E-state index contributed by atoms with van der Waals surface area (Å²) in [5.41, 5.74) is 6.87. The molecule has 0 aliphatic rings. The van der Waals surface area contributed by atoms with Gasteiger partial charge in [0.15, 0.2) is 11.6 Å². The fourth-order valence-corrected chi connectivity index (χ4v) is 2.26. The van der Waals surface area contributed by atoms with Crippen molar-refractivity contribution >= 4 is 28.1 Å². The number of halogens is 1. The van der Waals surface area contributed by atoms with Crippen molar-refractivity contribution in [3.8, 4) is 5.75 Å². The van der Waals surface area contributed by atoms with Crippen LogP contribution in [0.15, 0.2) is 18.2 Å². The number of ether oxygens (including phenoxy) is 1. The summed E-state index contributed by atoms with van der Waals surface area (Å²) in [4.78, 5) is 12.0. The highest BCUT2D eigenvalue weighted by Gasteiger charge is 2.17. The lowest BCUT2D eigenvalue weighted by Crippen LogP contribution is -2.14. The second-order valence-corrected chi connectivity index (χ2v) is 4.62. The van der Waals surface area contributed by atoms with E-state index in [1.807, 2.05) is 0 Å². The molecule has 0 bridgehead atoms. The Morgan fingerprint density at radius 1 is 1.53 bits per heavy atom. The van der Waals surface area contributed by atoms with Crippen LogP contribution in [0.1, 0.15) is 16.1 Å². The summed E-state index contributed by atoms with van der Waals surface area (Å²) in [7, 11) is 1.37. The SMILES string of the molecule is COc1ccc(NC(=O)c2c(C)nsc2N)cc1F. The number of carbonyl (C=O) groups excluding carboxylic acids is 1. The monoisotopic (exact) mass is 281 g/mol. The van der Waals surface area contributed by atoms with Gasteiger partial charge in [0.1, 0.15) is 5.00 Å². The van der Waals surface area contributed by atoms with Gasteiger partial charge in [0.2, 0.25) is 0 Å².